The van der Waals surface area contributed by atoms with Gasteiger partial charge in [-0.25, -0.2) is 0 Å². The molecule has 0 radical (unpaired) electrons. The zero-order valence-corrected chi connectivity index (χ0v) is 13.8. The van der Waals surface area contributed by atoms with E-state index in [-0.39, 0.29) is 18.5 Å². The molecule has 1 aromatic heterocycles. The van der Waals surface area contributed by atoms with Crippen molar-refractivity contribution in [3.05, 3.63) is 52.8 Å². The van der Waals surface area contributed by atoms with Crippen molar-refractivity contribution in [3.63, 3.8) is 0 Å². The molecule has 3 N–H and O–H groups in total. The van der Waals surface area contributed by atoms with Crippen molar-refractivity contribution in [1.82, 2.24) is 4.57 Å². The lowest BCUT2D eigenvalue weighted by Crippen LogP contribution is -2.18. The van der Waals surface area contributed by atoms with E-state index in [1.807, 2.05) is 47.3 Å². The van der Waals surface area contributed by atoms with E-state index in [4.69, 9.17) is 5.73 Å². The van der Waals surface area contributed by atoms with E-state index in [0.29, 0.717) is 5.92 Å². The van der Waals surface area contributed by atoms with Gasteiger partial charge in [0.1, 0.15) is 6.54 Å². The van der Waals surface area contributed by atoms with E-state index in [2.05, 4.69) is 35.1 Å². The molecule has 1 heterocycles. The topological polar surface area (TPSA) is 60.0 Å². The Hall–Kier alpha value is -1.59. The maximum Gasteiger partial charge on any atom is 0.244 e. The third-order valence-corrected chi connectivity index (χ3v) is 3.86. The van der Waals surface area contributed by atoms with Gasteiger partial charge in [0.2, 0.25) is 5.91 Å². The Labute approximate surface area is 133 Å². The first-order chi connectivity index (χ1) is 9.95. The molecule has 2 aromatic rings. The number of hydrogen-bond donors (Lipinski definition) is 2. The molecule has 1 amide bonds. The van der Waals surface area contributed by atoms with Crippen LogP contribution in [0.15, 0.2) is 47.2 Å². The van der Waals surface area contributed by atoms with Gasteiger partial charge in [0.15, 0.2) is 0 Å². The maximum absolute atomic E-state index is 12.0. The molecule has 0 spiro atoms. The van der Waals surface area contributed by atoms with Crippen molar-refractivity contribution in [3.8, 4) is 0 Å². The SMILES string of the molecule is CC(C)C(N)c1ccn(CC(=O)Nc2ccc(Br)cc2)c1. The monoisotopic (exact) mass is 349 g/mol. The molecule has 1 atom stereocenters. The molecule has 0 aliphatic rings. The van der Waals surface area contributed by atoms with Crippen molar-refractivity contribution in [2.45, 2.75) is 26.4 Å². The molecule has 0 aliphatic carbocycles. The molecule has 0 fully saturated rings. The highest BCUT2D eigenvalue weighted by Crippen LogP contribution is 2.19. The molecule has 0 aliphatic heterocycles. The minimum absolute atomic E-state index is 0.000727. The summed E-state index contributed by atoms with van der Waals surface area (Å²) in [5.41, 5.74) is 7.94. The molecule has 0 bridgehead atoms. The Bertz CT molecular complexity index is 604. The second kappa shape index (κ2) is 6.91. The smallest absolute Gasteiger partial charge is 0.244 e. The summed E-state index contributed by atoms with van der Waals surface area (Å²) in [7, 11) is 0. The summed E-state index contributed by atoms with van der Waals surface area (Å²) in [5, 5.41) is 2.87. The second-order valence-corrected chi connectivity index (χ2v) is 6.36. The number of anilines is 1. The number of rotatable bonds is 5. The van der Waals surface area contributed by atoms with Gasteiger partial charge < -0.3 is 15.6 Å². The zero-order chi connectivity index (χ0) is 15.4. The van der Waals surface area contributed by atoms with Crippen LogP contribution in [0.1, 0.15) is 25.5 Å². The van der Waals surface area contributed by atoms with Crippen LogP contribution in [0.3, 0.4) is 0 Å². The predicted octanol–water partition coefficient (Wildman–Crippen LogP) is 3.55. The van der Waals surface area contributed by atoms with E-state index in [1.54, 1.807) is 0 Å². The number of hydrogen-bond acceptors (Lipinski definition) is 2. The van der Waals surface area contributed by atoms with Crippen LogP contribution < -0.4 is 11.1 Å². The lowest BCUT2D eigenvalue weighted by molar-refractivity contribution is -0.116. The highest BCUT2D eigenvalue weighted by molar-refractivity contribution is 9.10. The lowest BCUT2D eigenvalue weighted by atomic mass is 10.00. The number of halogens is 1. The number of nitrogens with zero attached hydrogens (tertiary/aromatic N) is 1. The summed E-state index contributed by atoms with van der Waals surface area (Å²) in [6, 6.07) is 9.48. The van der Waals surface area contributed by atoms with E-state index in [0.717, 1.165) is 15.7 Å². The Kier molecular flexibility index (Phi) is 5.20. The van der Waals surface area contributed by atoms with Crippen molar-refractivity contribution < 1.29 is 4.79 Å². The van der Waals surface area contributed by atoms with Gasteiger partial charge in [0.05, 0.1) is 0 Å². The number of benzene rings is 1. The largest absolute Gasteiger partial charge is 0.345 e. The molecule has 5 heteroatoms. The minimum atomic E-state index is -0.0578. The third kappa shape index (κ3) is 4.44. The van der Waals surface area contributed by atoms with E-state index < -0.39 is 0 Å². The summed E-state index contributed by atoms with van der Waals surface area (Å²) in [5.74, 6) is 0.315. The Morgan fingerprint density at radius 3 is 2.57 bits per heavy atom. The van der Waals surface area contributed by atoms with Gasteiger partial charge in [-0.15, -0.1) is 0 Å². The van der Waals surface area contributed by atoms with E-state index >= 15 is 0 Å². The highest BCUT2D eigenvalue weighted by atomic mass is 79.9. The van der Waals surface area contributed by atoms with Crippen molar-refractivity contribution in [1.29, 1.82) is 0 Å². The summed E-state index contributed by atoms with van der Waals surface area (Å²) in [6.45, 7) is 4.45. The van der Waals surface area contributed by atoms with Gasteiger partial charge in [-0.3, -0.25) is 4.79 Å². The summed E-state index contributed by atoms with van der Waals surface area (Å²) in [4.78, 5) is 12.0. The van der Waals surface area contributed by atoms with Gasteiger partial charge >= 0.3 is 0 Å². The minimum Gasteiger partial charge on any atom is -0.345 e. The van der Waals surface area contributed by atoms with Crippen LogP contribution in [0, 0.1) is 5.92 Å². The quantitative estimate of drug-likeness (QED) is 0.866. The number of carbonyl (C=O) groups excluding carboxylic acids is 1. The van der Waals surface area contributed by atoms with Crippen LogP contribution in [0.2, 0.25) is 0 Å². The van der Waals surface area contributed by atoms with Crippen LogP contribution in [0.4, 0.5) is 5.69 Å². The number of carbonyl (C=O) groups is 1. The van der Waals surface area contributed by atoms with Crippen LogP contribution in [0.25, 0.3) is 0 Å². The number of nitrogens with one attached hydrogen (secondary N) is 1. The lowest BCUT2D eigenvalue weighted by Gasteiger charge is -2.13. The molecule has 21 heavy (non-hydrogen) atoms. The molecule has 2 rings (SSSR count). The maximum atomic E-state index is 12.0. The van der Waals surface area contributed by atoms with Gasteiger partial charge in [-0.1, -0.05) is 29.8 Å². The summed E-state index contributed by atoms with van der Waals surface area (Å²) < 4.78 is 2.84. The Morgan fingerprint density at radius 2 is 1.95 bits per heavy atom. The molecule has 0 saturated heterocycles. The standard InChI is InChI=1S/C16H20BrN3O/c1-11(2)16(18)12-7-8-20(9-12)10-15(21)19-14-5-3-13(17)4-6-14/h3-9,11,16H,10,18H2,1-2H3,(H,19,21). The second-order valence-electron chi connectivity index (χ2n) is 5.44. The molecule has 4 nitrogen and oxygen atoms in total. The average Bonchev–Trinajstić information content (AvgIpc) is 2.88. The Balaban J connectivity index is 1.95. The molecule has 1 unspecified atom stereocenters. The molecule has 112 valence electrons. The van der Waals surface area contributed by atoms with Crippen LogP contribution in [-0.4, -0.2) is 10.5 Å². The van der Waals surface area contributed by atoms with Crippen molar-refractivity contribution in [2.24, 2.45) is 11.7 Å². The molecule has 1 aromatic carbocycles. The number of amides is 1. The van der Waals surface area contributed by atoms with E-state index in [9.17, 15) is 4.79 Å². The average molecular weight is 350 g/mol. The highest BCUT2D eigenvalue weighted by Gasteiger charge is 2.12. The molecular weight excluding hydrogens is 330 g/mol. The molecular formula is C16H20BrN3O. The Morgan fingerprint density at radius 1 is 1.29 bits per heavy atom. The van der Waals surface area contributed by atoms with Gasteiger partial charge in [-0.05, 0) is 41.8 Å². The van der Waals surface area contributed by atoms with Crippen LogP contribution in [0.5, 0.6) is 0 Å². The summed E-state index contributed by atoms with van der Waals surface area (Å²) >= 11 is 3.36. The third-order valence-electron chi connectivity index (χ3n) is 3.33. The van der Waals surface area contributed by atoms with Crippen LogP contribution in [-0.2, 0) is 11.3 Å². The number of nitrogens with two attached hydrogens (primary N) is 1. The van der Waals surface area contributed by atoms with Crippen molar-refractivity contribution in [2.75, 3.05) is 5.32 Å². The van der Waals surface area contributed by atoms with Crippen LogP contribution >= 0.6 is 15.9 Å². The van der Waals surface area contributed by atoms with Crippen molar-refractivity contribution >= 4 is 27.5 Å². The molecule has 0 saturated carbocycles. The predicted molar refractivity (Wildman–Crippen MR) is 89.0 cm³/mol. The first-order valence-electron chi connectivity index (χ1n) is 6.92. The number of aromatic nitrogens is 1. The van der Waals surface area contributed by atoms with E-state index in [1.165, 1.54) is 0 Å². The first kappa shape index (κ1) is 15.8. The summed E-state index contributed by atoms with van der Waals surface area (Å²) in [6.07, 6.45) is 3.82. The van der Waals surface area contributed by atoms with Gasteiger partial charge in [0.25, 0.3) is 0 Å². The van der Waals surface area contributed by atoms with Gasteiger partial charge in [0, 0.05) is 28.6 Å². The fraction of sp³-hybridized carbons (Fsp3) is 0.312. The fourth-order valence-corrected chi connectivity index (χ4v) is 2.30. The first-order valence-corrected chi connectivity index (χ1v) is 7.71. The normalized spacial score (nSPS) is 12.4. The fourth-order valence-electron chi connectivity index (χ4n) is 2.04. The zero-order valence-electron chi connectivity index (χ0n) is 12.2. The van der Waals surface area contributed by atoms with Gasteiger partial charge in [-0.2, -0.15) is 0 Å².